The Hall–Kier alpha value is -2.35. The Morgan fingerprint density at radius 1 is 1.00 bits per heavy atom. The van der Waals surface area contributed by atoms with Gasteiger partial charge < -0.3 is 4.74 Å². The molecule has 0 N–H and O–H groups in total. The summed E-state index contributed by atoms with van der Waals surface area (Å²) in [5.41, 5.74) is 4.51. The number of aromatic nitrogens is 1. The van der Waals surface area contributed by atoms with Gasteiger partial charge in [-0.05, 0) is 60.9 Å². The molecular weight excluding hydrogens is 246 g/mol. The van der Waals surface area contributed by atoms with Gasteiger partial charge in [-0.2, -0.15) is 0 Å². The zero-order valence-electron chi connectivity index (χ0n) is 12.1. The first-order chi connectivity index (χ1) is 9.70. The van der Waals surface area contributed by atoms with Crippen molar-refractivity contribution >= 4 is 12.2 Å². The minimum Gasteiger partial charge on any atom is -0.496 e. The summed E-state index contributed by atoms with van der Waals surface area (Å²) in [6.07, 6.45) is 9.91. The fraction of sp³-hybridized carbons (Fsp3) is 0.167. The van der Waals surface area contributed by atoms with E-state index in [1.54, 1.807) is 13.3 Å². The highest BCUT2D eigenvalue weighted by atomic mass is 16.5. The van der Waals surface area contributed by atoms with Gasteiger partial charge in [0.2, 0.25) is 0 Å². The lowest BCUT2D eigenvalue weighted by Gasteiger charge is -2.08. The predicted octanol–water partition coefficient (Wildman–Crippen LogP) is 4.43. The first-order valence-corrected chi connectivity index (χ1v) is 6.61. The van der Waals surface area contributed by atoms with Crippen molar-refractivity contribution in [1.29, 1.82) is 0 Å². The molecule has 0 aliphatic rings. The van der Waals surface area contributed by atoms with E-state index in [9.17, 15) is 0 Å². The van der Waals surface area contributed by atoms with E-state index in [1.165, 1.54) is 11.1 Å². The van der Waals surface area contributed by atoms with Crippen molar-refractivity contribution in [2.24, 2.45) is 0 Å². The number of allylic oxidation sites excluding steroid dienone is 2. The summed E-state index contributed by atoms with van der Waals surface area (Å²) in [5, 5.41) is 0. The fourth-order valence-corrected chi connectivity index (χ4v) is 2.00. The topological polar surface area (TPSA) is 22.1 Å². The molecule has 2 nitrogen and oxygen atoms in total. The van der Waals surface area contributed by atoms with Crippen LogP contribution in [0.1, 0.15) is 22.4 Å². The number of nitrogens with zero attached hydrogens (tertiary/aromatic N) is 1. The molecule has 0 spiro atoms. The second-order valence-electron chi connectivity index (χ2n) is 4.65. The minimum atomic E-state index is 0.934. The van der Waals surface area contributed by atoms with Gasteiger partial charge in [0.05, 0.1) is 12.8 Å². The molecule has 0 amide bonds. The molecule has 20 heavy (non-hydrogen) atoms. The van der Waals surface area contributed by atoms with Gasteiger partial charge in [0.1, 0.15) is 5.75 Å². The van der Waals surface area contributed by atoms with Crippen molar-refractivity contribution in [2.45, 2.75) is 13.8 Å². The van der Waals surface area contributed by atoms with E-state index in [1.807, 2.05) is 36.4 Å². The van der Waals surface area contributed by atoms with Crippen molar-refractivity contribution in [3.05, 3.63) is 71.1 Å². The number of ether oxygens (including phenoxy) is 1. The van der Waals surface area contributed by atoms with Crippen LogP contribution in [0.5, 0.6) is 5.75 Å². The van der Waals surface area contributed by atoms with Gasteiger partial charge >= 0.3 is 0 Å². The van der Waals surface area contributed by atoms with E-state index in [0.717, 1.165) is 17.0 Å². The Kier molecular flexibility index (Phi) is 4.72. The highest BCUT2D eigenvalue weighted by Gasteiger charge is 2.01. The Morgan fingerprint density at radius 2 is 1.80 bits per heavy atom. The Bertz CT molecular complexity index is 627. The lowest BCUT2D eigenvalue weighted by atomic mass is 10.0. The smallest absolute Gasteiger partial charge is 0.122 e. The largest absolute Gasteiger partial charge is 0.496 e. The molecule has 2 rings (SSSR count). The van der Waals surface area contributed by atoms with Gasteiger partial charge in [-0.3, -0.25) is 4.98 Å². The summed E-state index contributed by atoms with van der Waals surface area (Å²) in [4.78, 5) is 4.24. The van der Waals surface area contributed by atoms with Crippen LogP contribution in [0.4, 0.5) is 0 Å². The van der Waals surface area contributed by atoms with Crippen LogP contribution in [0.2, 0.25) is 0 Å². The van der Waals surface area contributed by atoms with Crippen LogP contribution in [-0.2, 0) is 0 Å². The molecule has 102 valence electrons. The van der Waals surface area contributed by atoms with Crippen molar-refractivity contribution in [1.82, 2.24) is 4.98 Å². The van der Waals surface area contributed by atoms with Crippen molar-refractivity contribution in [3.63, 3.8) is 0 Å². The number of pyridine rings is 1. The minimum absolute atomic E-state index is 0.934. The molecule has 0 saturated heterocycles. The molecule has 2 aromatic rings. The molecule has 0 radical (unpaired) electrons. The van der Waals surface area contributed by atoms with Crippen LogP contribution in [0, 0.1) is 13.8 Å². The van der Waals surface area contributed by atoms with Crippen LogP contribution in [-0.4, -0.2) is 12.1 Å². The molecule has 1 heterocycles. The quantitative estimate of drug-likeness (QED) is 0.763. The second-order valence-corrected chi connectivity index (χ2v) is 4.65. The van der Waals surface area contributed by atoms with E-state index < -0.39 is 0 Å². The molecule has 0 fully saturated rings. The molecule has 0 aliphatic heterocycles. The maximum atomic E-state index is 5.32. The third kappa shape index (κ3) is 3.58. The number of hydrogen-bond acceptors (Lipinski definition) is 2. The van der Waals surface area contributed by atoms with Gasteiger partial charge in [0.25, 0.3) is 0 Å². The Labute approximate surface area is 120 Å². The first kappa shape index (κ1) is 14.1. The van der Waals surface area contributed by atoms with Crippen LogP contribution >= 0.6 is 0 Å². The van der Waals surface area contributed by atoms with Crippen LogP contribution in [0.15, 0.2) is 48.7 Å². The predicted molar refractivity (Wildman–Crippen MR) is 84.8 cm³/mol. The summed E-state index contributed by atoms with van der Waals surface area (Å²) >= 11 is 0. The first-order valence-electron chi connectivity index (χ1n) is 6.61. The van der Waals surface area contributed by atoms with Crippen LogP contribution < -0.4 is 4.74 Å². The van der Waals surface area contributed by atoms with E-state index in [2.05, 4.69) is 37.0 Å². The molecule has 0 saturated carbocycles. The average molecular weight is 265 g/mol. The summed E-state index contributed by atoms with van der Waals surface area (Å²) < 4.78 is 5.32. The van der Waals surface area contributed by atoms with Gasteiger partial charge in [0.15, 0.2) is 0 Å². The SMILES string of the molecule is COc1cc(C)c(/C=C/C=C/c2ccccn2)cc1C. The standard InChI is InChI=1S/C18H19NO/c1-14-13-18(20-3)15(2)12-16(14)8-4-5-9-17-10-6-7-11-19-17/h4-13H,1-3H3/b8-4+,9-5+. The van der Waals surface area contributed by atoms with Crippen LogP contribution in [0.25, 0.3) is 12.2 Å². The zero-order chi connectivity index (χ0) is 14.4. The third-order valence-electron chi connectivity index (χ3n) is 3.13. The van der Waals surface area contributed by atoms with Gasteiger partial charge in [-0.1, -0.05) is 24.3 Å². The fourth-order valence-electron chi connectivity index (χ4n) is 2.00. The van der Waals surface area contributed by atoms with E-state index in [-0.39, 0.29) is 0 Å². The van der Waals surface area contributed by atoms with Gasteiger partial charge in [-0.25, -0.2) is 0 Å². The number of methoxy groups -OCH3 is 1. The van der Waals surface area contributed by atoms with Crippen molar-refractivity contribution in [3.8, 4) is 5.75 Å². The third-order valence-corrected chi connectivity index (χ3v) is 3.13. The van der Waals surface area contributed by atoms with Crippen molar-refractivity contribution in [2.75, 3.05) is 7.11 Å². The summed E-state index contributed by atoms with van der Waals surface area (Å²) in [7, 11) is 1.70. The number of benzene rings is 1. The molecule has 0 aliphatic carbocycles. The maximum absolute atomic E-state index is 5.32. The van der Waals surface area contributed by atoms with E-state index >= 15 is 0 Å². The van der Waals surface area contributed by atoms with E-state index in [0.29, 0.717) is 0 Å². The molecule has 0 bridgehead atoms. The summed E-state index contributed by atoms with van der Waals surface area (Å²) in [5.74, 6) is 0.934. The lowest BCUT2D eigenvalue weighted by Crippen LogP contribution is -1.90. The highest BCUT2D eigenvalue weighted by molar-refractivity contribution is 5.60. The molecule has 1 aromatic heterocycles. The molecule has 0 atom stereocenters. The highest BCUT2D eigenvalue weighted by Crippen LogP contribution is 2.23. The molecule has 1 aromatic carbocycles. The van der Waals surface area contributed by atoms with E-state index in [4.69, 9.17) is 4.74 Å². The monoisotopic (exact) mass is 265 g/mol. The number of rotatable bonds is 4. The molecular formula is C18H19NO. The normalized spacial score (nSPS) is 11.3. The molecule has 0 unspecified atom stereocenters. The zero-order valence-corrected chi connectivity index (χ0v) is 12.1. The second kappa shape index (κ2) is 6.71. The number of aryl methyl sites for hydroxylation is 2. The van der Waals surface area contributed by atoms with Crippen molar-refractivity contribution < 1.29 is 4.74 Å². The maximum Gasteiger partial charge on any atom is 0.122 e. The van der Waals surface area contributed by atoms with Crippen LogP contribution in [0.3, 0.4) is 0 Å². The Morgan fingerprint density at radius 3 is 2.50 bits per heavy atom. The number of hydrogen-bond donors (Lipinski definition) is 0. The summed E-state index contributed by atoms with van der Waals surface area (Å²) in [6.45, 7) is 4.14. The van der Waals surface area contributed by atoms with Gasteiger partial charge in [0, 0.05) is 6.20 Å². The molecule has 2 heteroatoms. The van der Waals surface area contributed by atoms with Gasteiger partial charge in [-0.15, -0.1) is 0 Å². The average Bonchev–Trinajstić information content (AvgIpc) is 2.47. The Balaban J connectivity index is 2.12. The summed E-state index contributed by atoms with van der Waals surface area (Å²) in [6, 6.07) is 10.1. The lowest BCUT2D eigenvalue weighted by molar-refractivity contribution is 0.411.